The van der Waals surface area contributed by atoms with Crippen LogP contribution in [0.2, 0.25) is 0 Å². The number of hydrogen-bond acceptors (Lipinski definition) is 5. The average Bonchev–Trinajstić information content (AvgIpc) is 2.62. The molecule has 0 N–H and O–H groups in total. The first-order valence-electron chi connectivity index (χ1n) is 8.22. The quantitative estimate of drug-likeness (QED) is 0.843. The molecular formula is C16H24N4O2. The fraction of sp³-hybridized carbons (Fsp3) is 0.688. The van der Waals surface area contributed by atoms with E-state index in [0.717, 1.165) is 57.9 Å². The topological polar surface area (TPSA) is 58.6 Å². The van der Waals surface area contributed by atoms with Crippen LogP contribution in [-0.2, 0) is 9.53 Å². The molecule has 2 atom stereocenters. The average molecular weight is 304 g/mol. The molecule has 0 unspecified atom stereocenters. The number of hydrogen-bond donors (Lipinski definition) is 0. The lowest BCUT2D eigenvalue weighted by Crippen LogP contribution is -2.52. The Labute approximate surface area is 131 Å². The van der Waals surface area contributed by atoms with Crippen molar-refractivity contribution in [2.45, 2.75) is 32.3 Å². The number of aromatic nitrogens is 2. The van der Waals surface area contributed by atoms with Gasteiger partial charge < -0.3 is 14.5 Å². The van der Waals surface area contributed by atoms with Crippen LogP contribution < -0.4 is 4.90 Å². The van der Waals surface area contributed by atoms with Crippen molar-refractivity contribution in [3.63, 3.8) is 0 Å². The predicted octanol–water partition coefficient (Wildman–Crippen LogP) is 1.33. The van der Waals surface area contributed by atoms with E-state index in [4.69, 9.17) is 4.74 Å². The Hall–Kier alpha value is -1.69. The molecule has 22 heavy (non-hydrogen) atoms. The standard InChI is InChI=1S/C16H24N4O2/c1-2-14-13(5-4-12-22-14)16(21)20-10-8-19(9-11-20)15-6-3-7-17-18-15/h3,6-7,13-14H,2,4-5,8-12H2,1H3/t13-,14-/m0/s1. The van der Waals surface area contributed by atoms with Crippen LogP contribution in [0.5, 0.6) is 0 Å². The van der Waals surface area contributed by atoms with Crippen molar-refractivity contribution >= 4 is 11.7 Å². The summed E-state index contributed by atoms with van der Waals surface area (Å²) in [6.45, 7) is 6.03. The van der Waals surface area contributed by atoms with E-state index in [2.05, 4.69) is 22.0 Å². The van der Waals surface area contributed by atoms with Gasteiger partial charge in [0, 0.05) is 39.0 Å². The van der Waals surface area contributed by atoms with E-state index in [1.54, 1.807) is 6.20 Å². The van der Waals surface area contributed by atoms with Gasteiger partial charge in [0.25, 0.3) is 0 Å². The van der Waals surface area contributed by atoms with Gasteiger partial charge in [-0.05, 0) is 31.4 Å². The second-order valence-corrected chi connectivity index (χ2v) is 5.96. The van der Waals surface area contributed by atoms with Crippen LogP contribution in [0.3, 0.4) is 0 Å². The summed E-state index contributed by atoms with van der Waals surface area (Å²) in [6, 6.07) is 3.86. The number of carbonyl (C=O) groups excluding carboxylic acids is 1. The maximum absolute atomic E-state index is 12.8. The lowest BCUT2D eigenvalue weighted by Gasteiger charge is -2.39. The Kier molecular flexibility index (Phi) is 4.87. The Bertz CT molecular complexity index is 488. The van der Waals surface area contributed by atoms with E-state index in [-0.39, 0.29) is 17.9 Å². The third-order valence-electron chi connectivity index (χ3n) is 4.63. The summed E-state index contributed by atoms with van der Waals surface area (Å²) in [5.41, 5.74) is 0. The van der Waals surface area contributed by atoms with E-state index in [1.165, 1.54) is 0 Å². The zero-order chi connectivity index (χ0) is 15.4. The summed E-state index contributed by atoms with van der Waals surface area (Å²) in [5.74, 6) is 1.20. The van der Waals surface area contributed by atoms with Crippen molar-refractivity contribution in [3.05, 3.63) is 18.3 Å². The minimum Gasteiger partial charge on any atom is -0.377 e. The highest BCUT2D eigenvalue weighted by Crippen LogP contribution is 2.26. The minimum absolute atomic E-state index is 0.0433. The second kappa shape index (κ2) is 7.05. The molecule has 3 rings (SSSR count). The van der Waals surface area contributed by atoms with E-state index >= 15 is 0 Å². The van der Waals surface area contributed by atoms with Crippen LogP contribution in [0.4, 0.5) is 5.82 Å². The highest BCUT2D eigenvalue weighted by Gasteiger charge is 2.34. The summed E-state index contributed by atoms with van der Waals surface area (Å²) in [7, 11) is 0. The molecule has 2 saturated heterocycles. The van der Waals surface area contributed by atoms with Gasteiger partial charge in [-0.1, -0.05) is 6.92 Å². The molecule has 3 heterocycles. The van der Waals surface area contributed by atoms with E-state index in [9.17, 15) is 4.79 Å². The number of ether oxygens (including phenoxy) is 1. The molecule has 120 valence electrons. The first kappa shape index (κ1) is 15.2. The fourth-order valence-electron chi connectivity index (χ4n) is 3.38. The number of piperazine rings is 1. The second-order valence-electron chi connectivity index (χ2n) is 5.96. The van der Waals surface area contributed by atoms with Crippen LogP contribution in [0, 0.1) is 5.92 Å². The van der Waals surface area contributed by atoms with Gasteiger partial charge in [-0.2, -0.15) is 5.10 Å². The monoisotopic (exact) mass is 304 g/mol. The molecular weight excluding hydrogens is 280 g/mol. The maximum atomic E-state index is 12.8. The molecule has 1 aromatic rings. The first-order chi connectivity index (χ1) is 10.8. The summed E-state index contributed by atoms with van der Waals surface area (Å²) < 4.78 is 5.77. The summed E-state index contributed by atoms with van der Waals surface area (Å²) in [5, 5.41) is 8.06. The summed E-state index contributed by atoms with van der Waals surface area (Å²) >= 11 is 0. The highest BCUT2D eigenvalue weighted by atomic mass is 16.5. The van der Waals surface area contributed by atoms with Crippen LogP contribution in [0.15, 0.2) is 18.3 Å². The Morgan fingerprint density at radius 2 is 2.18 bits per heavy atom. The van der Waals surface area contributed by atoms with Gasteiger partial charge in [0.15, 0.2) is 5.82 Å². The van der Waals surface area contributed by atoms with Crippen LogP contribution in [0.1, 0.15) is 26.2 Å². The van der Waals surface area contributed by atoms with E-state index in [0.29, 0.717) is 0 Å². The smallest absolute Gasteiger partial charge is 0.228 e. The molecule has 6 heteroatoms. The van der Waals surface area contributed by atoms with Gasteiger partial charge in [0.05, 0.1) is 12.0 Å². The number of rotatable bonds is 3. The van der Waals surface area contributed by atoms with Crippen molar-refractivity contribution in [1.82, 2.24) is 15.1 Å². The number of amides is 1. The molecule has 0 aromatic carbocycles. The van der Waals surface area contributed by atoms with Gasteiger partial charge in [-0.15, -0.1) is 5.10 Å². The number of nitrogens with zero attached hydrogens (tertiary/aromatic N) is 4. The van der Waals surface area contributed by atoms with Crippen LogP contribution in [-0.4, -0.2) is 59.9 Å². The zero-order valence-corrected chi connectivity index (χ0v) is 13.1. The molecule has 0 saturated carbocycles. The third kappa shape index (κ3) is 3.21. The Balaban J connectivity index is 1.57. The van der Waals surface area contributed by atoms with Crippen LogP contribution in [0.25, 0.3) is 0 Å². The molecule has 2 aliphatic rings. The van der Waals surface area contributed by atoms with E-state index < -0.39 is 0 Å². The molecule has 6 nitrogen and oxygen atoms in total. The first-order valence-corrected chi connectivity index (χ1v) is 8.22. The summed E-state index contributed by atoms with van der Waals surface area (Å²) in [6.07, 6.45) is 4.64. The van der Waals surface area contributed by atoms with Gasteiger partial charge in [-0.25, -0.2) is 0 Å². The third-order valence-corrected chi connectivity index (χ3v) is 4.63. The Morgan fingerprint density at radius 1 is 1.36 bits per heavy atom. The van der Waals surface area contributed by atoms with Crippen molar-refractivity contribution in [1.29, 1.82) is 0 Å². The molecule has 0 bridgehead atoms. The van der Waals surface area contributed by atoms with Crippen LogP contribution >= 0.6 is 0 Å². The zero-order valence-electron chi connectivity index (χ0n) is 13.1. The van der Waals surface area contributed by atoms with Crippen molar-refractivity contribution in [3.8, 4) is 0 Å². The minimum atomic E-state index is 0.0433. The molecule has 0 spiro atoms. The van der Waals surface area contributed by atoms with Gasteiger partial charge in [0.1, 0.15) is 0 Å². The van der Waals surface area contributed by atoms with Gasteiger partial charge >= 0.3 is 0 Å². The SMILES string of the molecule is CC[C@@H]1OCCC[C@@H]1C(=O)N1CCN(c2cccnn2)CC1. The maximum Gasteiger partial charge on any atom is 0.228 e. The van der Waals surface area contributed by atoms with E-state index in [1.807, 2.05) is 17.0 Å². The molecule has 1 aromatic heterocycles. The molecule has 0 aliphatic carbocycles. The number of anilines is 1. The normalized spacial score (nSPS) is 26.0. The predicted molar refractivity (Wildman–Crippen MR) is 83.6 cm³/mol. The largest absolute Gasteiger partial charge is 0.377 e. The number of carbonyl (C=O) groups is 1. The lowest BCUT2D eigenvalue weighted by atomic mass is 9.91. The van der Waals surface area contributed by atoms with Crippen molar-refractivity contribution < 1.29 is 9.53 Å². The summed E-state index contributed by atoms with van der Waals surface area (Å²) in [4.78, 5) is 16.9. The Morgan fingerprint density at radius 3 is 2.86 bits per heavy atom. The lowest BCUT2D eigenvalue weighted by molar-refractivity contribution is -0.145. The van der Waals surface area contributed by atoms with Crippen molar-refractivity contribution in [2.24, 2.45) is 5.92 Å². The van der Waals surface area contributed by atoms with Gasteiger partial charge in [0.2, 0.25) is 5.91 Å². The highest BCUT2D eigenvalue weighted by molar-refractivity contribution is 5.79. The molecule has 2 fully saturated rings. The molecule has 1 amide bonds. The fourth-order valence-corrected chi connectivity index (χ4v) is 3.38. The molecule has 2 aliphatic heterocycles. The molecule has 0 radical (unpaired) electrons. The van der Waals surface area contributed by atoms with Gasteiger partial charge in [-0.3, -0.25) is 4.79 Å². The van der Waals surface area contributed by atoms with Crippen molar-refractivity contribution in [2.75, 3.05) is 37.7 Å².